The molecule has 3 saturated carbocycles. The summed E-state index contributed by atoms with van der Waals surface area (Å²) in [6, 6.07) is 8.55. The van der Waals surface area contributed by atoms with E-state index < -0.39 is 30.7 Å². The summed E-state index contributed by atoms with van der Waals surface area (Å²) in [5.41, 5.74) is 1.46. The molecule has 39 heavy (non-hydrogen) atoms. The van der Waals surface area contributed by atoms with Crippen molar-refractivity contribution in [1.29, 1.82) is 0 Å². The SMILES string of the molecule is CNC(=O)c1c(-c2ccc(F)cc2)oc2nc(CCC(F)(F)F)c(-c3csc(C(=O)NC45CC(C4)C5)c3)cc12. The highest BCUT2D eigenvalue weighted by Crippen LogP contribution is 2.57. The fourth-order valence-corrected chi connectivity index (χ4v) is 6.25. The van der Waals surface area contributed by atoms with Gasteiger partial charge in [0.15, 0.2) is 0 Å². The first-order valence-electron chi connectivity index (χ1n) is 12.5. The Morgan fingerprint density at radius 1 is 1.10 bits per heavy atom. The molecular formula is C28H23F4N3O3S. The second-order valence-corrected chi connectivity index (χ2v) is 11.2. The Bertz CT molecular complexity index is 1590. The number of fused-ring (bicyclic) bond motifs is 1. The molecule has 0 saturated heterocycles. The second-order valence-electron chi connectivity index (χ2n) is 10.3. The van der Waals surface area contributed by atoms with Crippen molar-refractivity contribution in [3.05, 3.63) is 63.7 Å². The molecule has 2 amide bonds. The van der Waals surface area contributed by atoms with E-state index >= 15 is 0 Å². The van der Waals surface area contributed by atoms with E-state index in [1.165, 1.54) is 42.6 Å². The summed E-state index contributed by atoms with van der Waals surface area (Å²) in [6.45, 7) is 0. The third-order valence-electron chi connectivity index (χ3n) is 7.52. The third-order valence-corrected chi connectivity index (χ3v) is 8.45. The van der Waals surface area contributed by atoms with Crippen molar-refractivity contribution in [1.82, 2.24) is 15.6 Å². The topological polar surface area (TPSA) is 84.2 Å². The van der Waals surface area contributed by atoms with E-state index in [-0.39, 0.29) is 34.2 Å². The number of aryl methyl sites for hydroxylation is 1. The molecule has 3 aliphatic rings. The predicted octanol–water partition coefficient (Wildman–Crippen LogP) is 6.50. The van der Waals surface area contributed by atoms with Crippen molar-refractivity contribution in [2.75, 3.05) is 7.05 Å². The maximum atomic E-state index is 13.5. The van der Waals surface area contributed by atoms with Crippen molar-refractivity contribution in [3.63, 3.8) is 0 Å². The largest absolute Gasteiger partial charge is 0.437 e. The molecule has 0 aliphatic heterocycles. The minimum absolute atomic E-state index is 0.00864. The van der Waals surface area contributed by atoms with Gasteiger partial charge in [-0.3, -0.25) is 9.59 Å². The van der Waals surface area contributed by atoms with Crippen LogP contribution < -0.4 is 10.6 Å². The van der Waals surface area contributed by atoms with Crippen LogP contribution in [0.1, 0.15) is 51.4 Å². The monoisotopic (exact) mass is 557 g/mol. The van der Waals surface area contributed by atoms with Crippen LogP contribution in [0.3, 0.4) is 0 Å². The molecule has 202 valence electrons. The first-order valence-corrected chi connectivity index (χ1v) is 13.3. The maximum Gasteiger partial charge on any atom is 0.389 e. The predicted molar refractivity (Wildman–Crippen MR) is 138 cm³/mol. The summed E-state index contributed by atoms with van der Waals surface area (Å²) in [4.78, 5) is 30.7. The molecule has 2 bridgehead atoms. The molecule has 4 aromatic rings. The lowest BCUT2D eigenvalue weighted by Gasteiger charge is -2.61. The number of aromatic nitrogens is 1. The molecule has 7 rings (SSSR count). The van der Waals surface area contributed by atoms with Crippen LogP contribution in [0.2, 0.25) is 0 Å². The second kappa shape index (κ2) is 9.18. The first-order chi connectivity index (χ1) is 18.5. The molecule has 1 aromatic carbocycles. The number of amides is 2. The normalized spacial score (nSPS) is 19.9. The average molecular weight is 558 g/mol. The van der Waals surface area contributed by atoms with Gasteiger partial charge in [0.25, 0.3) is 11.8 Å². The van der Waals surface area contributed by atoms with Crippen LogP contribution in [0.25, 0.3) is 33.6 Å². The van der Waals surface area contributed by atoms with E-state index in [0.29, 0.717) is 32.9 Å². The van der Waals surface area contributed by atoms with Gasteiger partial charge in [0.05, 0.1) is 21.5 Å². The fraction of sp³-hybridized carbons (Fsp3) is 0.321. The van der Waals surface area contributed by atoms with Gasteiger partial charge in [-0.15, -0.1) is 11.3 Å². The molecule has 3 fully saturated rings. The van der Waals surface area contributed by atoms with E-state index in [2.05, 4.69) is 15.6 Å². The number of hydrogen-bond donors (Lipinski definition) is 2. The number of nitrogens with one attached hydrogen (secondary N) is 2. The Morgan fingerprint density at radius 3 is 2.44 bits per heavy atom. The zero-order valence-electron chi connectivity index (χ0n) is 20.7. The number of alkyl halides is 3. The summed E-state index contributed by atoms with van der Waals surface area (Å²) >= 11 is 1.20. The third kappa shape index (κ3) is 4.69. The summed E-state index contributed by atoms with van der Waals surface area (Å²) in [7, 11) is 1.44. The van der Waals surface area contributed by atoms with Crippen LogP contribution in [0.5, 0.6) is 0 Å². The quantitative estimate of drug-likeness (QED) is 0.254. The number of hydrogen-bond acceptors (Lipinski definition) is 5. The minimum atomic E-state index is -4.41. The molecule has 3 aromatic heterocycles. The van der Waals surface area contributed by atoms with Gasteiger partial charge in [0, 0.05) is 30.1 Å². The highest BCUT2D eigenvalue weighted by molar-refractivity contribution is 7.12. The molecule has 0 spiro atoms. The molecule has 6 nitrogen and oxygen atoms in total. The van der Waals surface area contributed by atoms with Crippen LogP contribution in [0.15, 0.2) is 46.2 Å². The molecule has 0 unspecified atom stereocenters. The highest BCUT2D eigenvalue weighted by Gasteiger charge is 2.57. The standard InChI is InChI=1S/C28H23F4N3O3S/c1-33-25(37)22-19-9-18(16-8-21(39-13-16)24(36)35-27-10-14(11-27)12-27)20(6-7-28(30,31)32)34-26(19)38-23(22)15-2-4-17(29)5-3-15/h2-5,8-9,13-14H,6-7,10-12H2,1H3,(H,33,37)(H,35,36). The molecule has 3 heterocycles. The van der Waals surface area contributed by atoms with Crippen molar-refractivity contribution in [2.24, 2.45) is 5.92 Å². The Hall–Kier alpha value is -3.73. The van der Waals surface area contributed by atoms with Crippen molar-refractivity contribution < 1.29 is 31.6 Å². The van der Waals surface area contributed by atoms with Crippen molar-refractivity contribution in [3.8, 4) is 22.5 Å². The maximum absolute atomic E-state index is 13.5. The van der Waals surface area contributed by atoms with E-state index in [0.717, 1.165) is 19.3 Å². The molecule has 11 heteroatoms. The summed E-state index contributed by atoms with van der Waals surface area (Å²) in [5.74, 6) is -0.351. The van der Waals surface area contributed by atoms with Gasteiger partial charge in [0.1, 0.15) is 11.6 Å². The molecule has 0 radical (unpaired) electrons. The first kappa shape index (κ1) is 25.5. The minimum Gasteiger partial charge on any atom is -0.437 e. The van der Waals surface area contributed by atoms with E-state index in [4.69, 9.17) is 4.42 Å². The van der Waals surface area contributed by atoms with Gasteiger partial charge in [-0.1, -0.05) is 0 Å². The zero-order valence-corrected chi connectivity index (χ0v) is 21.6. The van der Waals surface area contributed by atoms with E-state index in [9.17, 15) is 27.2 Å². The van der Waals surface area contributed by atoms with Crippen molar-refractivity contribution >= 4 is 34.3 Å². The van der Waals surface area contributed by atoms with Crippen molar-refractivity contribution in [2.45, 2.75) is 43.8 Å². The van der Waals surface area contributed by atoms with Crippen LogP contribution in [0.4, 0.5) is 17.6 Å². The number of halogens is 4. The number of furan rings is 1. The van der Waals surface area contributed by atoms with Gasteiger partial charge in [0.2, 0.25) is 5.71 Å². The van der Waals surface area contributed by atoms with Gasteiger partial charge in [-0.05, 0) is 78.9 Å². The number of rotatable bonds is 7. The number of carbonyl (C=O) groups excluding carboxylic acids is 2. The van der Waals surface area contributed by atoms with Gasteiger partial charge < -0.3 is 15.1 Å². The van der Waals surface area contributed by atoms with Crippen LogP contribution in [-0.4, -0.2) is 35.6 Å². The number of pyridine rings is 1. The van der Waals surface area contributed by atoms with Crippen LogP contribution in [0, 0.1) is 11.7 Å². The lowest BCUT2D eigenvalue weighted by molar-refractivity contribution is -0.134. The lowest BCUT2D eigenvalue weighted by atomic mass is 9.50. The highest BCUT2D eigenvalue weighted by atomic mass is 32.1. The average Bonchev–Trinajstić information content (AvgIpc) is 3.48. The number of thiophene rings is 1. The van der Waals surface area contributed by atoms with E-state index in [1.807, 2.05) is 0 Å². The summed E-state index contributed by atoms with van der Waals surface area (Å²) in [6.07, 6.45) is -2.98. The van der Waals surface area contributed by atoms with E-state index in [1.54, 1.807) is 17.5 Å². The Kier molecular flexibility index (Phi) is 6.01. The van der Waals surface area contributed by atoms with Crippen LogP contribution >= 0.6 is 11.3 Å². The Morgan fingerprint density at radius 2 is 1.82 bits per heavy atom. The summed E-state index contributed by atoms with van der Waals surface area (Å²) < 4.78 is 59.0. The zero-order chi connectivity index (χ0) is 27.5. The molecular weight excluding hydrogens is 534 g/mol. The van der Waals surface area contributed by atoms with Gasteiger partial charge in [-0.2, -0.15) is 13.2 Å². The number of nitrogens with zero attached hydrogens (tertiary/aromatic N) is 1. The number of benzene rings is 1. The fourth-order valence-electron chi connectivity index (χ4n) is 5.45. The molecule has 2 N–H and O–H groups in total. The Balaban J connectivity index is 1.45. The van der Waals surface area contributed by atoms with Crippen LogP contribution in [-0.2, 0) is 6.42 Å². The lowest BCUT2D eigenvalue weighted by Crippen LogP contribution is -2.68. The van der Waals surface area contributed by atoms with Gasteiger partial charge in [-0.25, -0.2) is 9.37 Å². The molecule has 3 aliphatic carbocycles. The number of carbonyl (C=O) groups is 2. The summed E-state index contributed by atoms with van der Waals surface area (Å²) in [5, 5.41) is 7.66. The van der Waals surface area contributed by atoms with Gasteiger partial charge >= 0.3 is 6.18 Å². The smallest absolute Gasteiger partial charge is 0.389 e. The Labute approximate surface area is 224 Å². The molecule has 0 atom stereocenters.